The molecule has 1 heterocycles. The molecule has 1 aromatic rings. The highest BCUT2D eigenvalue weighted by atomic mass is 32.2. The molecule has 0 saturated carbocycles. The van der Waals surface area contributed by atoms with Crippen molar-refractivity contribution in [2.45, 2.75) is 12.7 Å². The predicted octanol–water partition coefficient (Wildman–Crippen LogP) is 2.74. The molecule has 0 spiro atoms. The van der Waals surface area contributed by atoms with Crippen molar-refractivity contribution in [2.24, 2.45) is 0 Å². The highest BCUT2D eigenvalue weighted by Crippen LogP contribution is 2.20. The van der Waals surface area contributed by atoms with Crippen LogP contribution >= 0.6 is 23.5 Å². The van der Waals surface area contributed by atoms with Crippen molar-refractivity contribution in [1.82, 2.24) is 10.3 Å². The number of thioether (sulfide) groups is 2. The Bertz CT molecular complexity index is 483. The number of hydrogen-bond donors (Lipinski definition) is 1. The van der Waals surface area contributed by atoms with Crippen LogP contribution in [0.15, 0.2) is 29.6 Å². The average Bonchev–Trinajstić information content (AvgIpc) is 2.47. The molecule has 0 saturated heterocycles. The molecule has 0 aliphatic carbocycles. The van der Waals surface area contributed by atoms with E-state index in [1.807, 2.05) is 19.1 Å². The minimum atomic E-state index is -0.450. The lowest BCUT2D eigenvalue weighted by atomic mass is 10.3. The van der Waals surface area contributed by atoms with E-state index >= 15 is 0 Å². The van der Waals surface area contributed by atoms with Crippen LogP contribution in [0.2, 0.25) is 0 Å². The summed E-state index contributed by atoms with van der Waals surface area (Å²) in [6.07, 6.45) is 4.54. The SMILES string of the molecule is CCOc1cccnc1CSCCNC(=C[N+](=O)[O-])SC. The van der Waals surface area contributed by atoms with Crippen molar-refractivity contribution < 1.29 is 9.66 Å². The molecule has 0 bridgehead atoms. The van der Waals surface area contributed by atoms with E-state index < -0.39 is 4.92 Å². The highest BCUT2D eigenvalue weighted by molar-refractivity contribution is 8.02. The maximum absolute atomic E-state index is 10.4. The molecular weight excluding hydrogens is 310 g/mol. The van der Waals surface area contributed by atoms with Gasteiger partial charge in [0, 0.05) is 24.2 Å². The molecule has 21 heavy (non-hydrogen) atoms. The number of ether oxygens (including phenoxy) is 1. The third kappa shape index (κ3) is 7.24. The number of nitrogens with zero attached hydrogens (tertiary/aromatic N) is 2. The maximum Gasteiger partial charge on any atom is 0.263 e. The zero-order chi connectivity index (χ0) is 15.5. The Morgan fingerprint density at radius 3 is 3.10 bits per heavy atom. The van der Waals surface area contributed by atoms with E-state index in [0.717, 1.165) is 29.1 Å². The number of nitro groups is 1. The van der Waals surface area contributed by atoms with E-state index in [1.54, 1.807) is 24.2 Å². The van der Waals surface area contributed by atoms with Gasteiger partial charge >= 0.3 is 0 Å². The van der Waals surface area contributed by atoms with Crippen LogP contribution in [-0.2, 0) is 5.75 Å². The number of aromatic nitrogens is 1. The standard InChI is InChI=1S/C13H19N3O3S2/c1-3-19-12-5-4-6-14-11(12)10-21-8-7-15-13(20-2)9-16(17)18/h4-6,9,15H,3,7-8,10H2,1-2H3. The fourth-order valence-electron chi connectivity index (χ4n) is 1.50. The van der Waals surface area contributed by atoms with Gasteiger partial charge in [-0.25, -0.2) is 0 Å². The lowest BCUT2D eigenvalue weighted by Crippen LogP contribution is -2.15. The molecule has 6 nitrogen and oxygen atoms in total. The lowest BCUT2D eigenvalue weighted by Gasteiger charge is -2.09. The minimum Gasteiger partial charge on any atom is -0.492 e. The summed E-state index contributed by atoms with van der Waals surface area (Å²) in [6, 6.07) is 3.77. The van der Waals surface area contributed by atoms with E-state index in [-0.39, 0.29) is 0 Å². The second kappa shape index (κ2) is 10.3. The van der Waals surface area contributed by atoms with Gasteiger partial charge in [-0.2, -0.15) is 11.8 Å². The number of pyridine rings is 1. The summed E-state index contributed by atoms with van der Waals surface area (Å²) in [5.74, 6) is 2.40. The molecule has 1 rings (SSSR count). The Morgan fingerprint density at radius 2 is 2.43 bits per heavy atom. The van der Waals surface area contributed by atoms with Gasteiger partial charge in [0.1, 0.15) is 10.8 Å². The van der Waals surface area contributed by atoms with Crippen LogP contribution in [0.4, 0.5) is 0 Å². The molecule has 0 aliphatic rings. The Morgan fingerprint density at radius 1 is 1.62 bits per heavy atom. The van der Waals surface area contributed by atoms with Crippen LogP contribution in [0, 0.1) is 10.1 Å². The van der Waals surface area contributed by atoms with Gasteiger partial charge in [0.05, 0.1) is 17.2 Å². The minimum absolute atomic E-state index is 0.450. The van der Waals surface area contributed by atoms with E-state index in [9.17, 15) is 10.1 Å². The maximum atomic E-state index is 10.4. The summed E-state index contributed by atoms with van der Waals surface area (Å²) in [5, 5.41) is 14.0. The van der Waals surface area contributed by atoms with Crippen LogP contribution in [0.25, 0.3) is 0 Å². The largest absolute Gasteiger partial charge is 0.492 e. The van der Waals surface area contributed by atoms with Gasteiger partial charge in [-0.05, 0) is 25.3 Å². The molecule has 0 radical (unpaired) electrons. The smallest absolute Gasteiger partial charge is 0.263 e. The second-order valence-electron chi connectivity index (χ2n) is 3.84. The number of nitrogens with one attached hydrogen (secondary N) is 1. The van der Waals surface area contributed by atoms with Gasteiger partial charge in [0.15, 0.2) is 0 Å². The molecule has 8 heteroatoms. The van der Waals surface area contributed by atoms with Crippen LogP contribution in [0.1, 0.15) is 12.6 Å². The molecule has 0 fully saturated rings. The van der Waals surface area contributed by atoms with Gasteiger partial charge in [-0.3, -0.25) is 15.1 Å². The Hall–Kier alpha value is -1.41. The van der Waals surface area contributed by atoms with Crippen molar-refractivity contribution >= 4 is 23.5 Å². The van der Waals surface area contributed by atoms with E-state index in [1.165, 1.54) is 11.8 Å². The van der Waals surface area contributed by atoms with Crippen LogP contribution in [-0.4, -0.2) is 35.1 Å². The van der Waals surface area contributed by atoms with Gasteiger partial charge in [0.25, 0.3) is 6.20 Å². The Balaban J connectivity index is 2.33. The highest BCUT2D eigenvalue weighted by Gasteiger charge is 2.04. The molecule has 0 amide bonds. The number of rotatable bonds is 10. The van der Waals surface area contributed by atoms with Gasteiger partial charge in [0.2, 0.25) is 0 Å². The van der Waals surface area contributed by atoms with Crippen molar-refractivity contribution in [1.29, 1.82) is 0 Å². The van der Waals surface area contributed by atoms with Gasteiger partial charge in [-0.15, -0.1) is 11.8 Å². The summed E-state index contributed by atoms with van der Waals surface area (Å²) in [6.45, 7) is 3.23. The summed E-state index contributed by atoms with van der Waals surface area (Å²) >= 11 is 3.03. The fourth-order valence-corrected chi connectivity index (χ4v) is 2.74. The second-order valence-corrected chi connectivity index (χ2v) is 5.80. The summed E-state index contributed by atoms with van der Waals surface area (Å²) in [4.78, 5) is 14.3. The normalized spacial score (nSPS) is 11.2. The first-order valence-electron chi connectivity index (χ1n) is 6.45. The summed E-state index contributed by atoms with van der Waals surface area (Å²) in [5.41, 5.74) is 0.926. The molecule has 1 aromatic heterocycles. The fraction of sp³-hybridized carbons (Fsp3) is 0.462. The molecule has 116 valence electrons. The van der Waals surface area contributed by atoms with Gasteiger partial charge < -0.3 is 10.1 Å². The molecule has 0 unspecified atom stereocenters. The van der Waals surface area contributed by atoms with Crippen molar-refractivity contribution in [3.05, 3.63) is 45.4 Å². The monoisotopic (exact) mass is 329 g/mol. The van der Waals surface area contributed by atoms with Crippen molar-refractivity contribution in [3.63, 3.8) is 0 Å². The average molecular weight is 329 g/mol. The van der Waals surface area contributed by atoms with Crippen LogP contribution in [0.5, 0.6) is 5.75 Å². The first kappa shape index (κ1) is 17.6. The third-order valence-electron chi connectivity index (χ3n) is 2.38. The van der Waals surface area contributed by atoms with Crippen molar-refractivity contribution in [3.8, 4) is 5.75 Å². The lowest BCUT2D eigenvalue weighted by molar-refractivity contribution is -0.403. The van der Waals surface area contributed by atoms with Crippen LogP contribution in [0.3, 0.4) is 0 Å². The molecule has 0 atom stereocenters. The first-order valence-corrected chi connectivity index (χ1v) is 8.83. The topological polar surface area (TPSA) is 77.3 Å². The van der Waals surface area contributed by atoms with E-state index in [2.05, 4.69) is 10.3 Å². The molecule has 1 N–H and O–H groups in total. The van der Waals surface area contributed by atoms with Gasteiger partial charge in [-0.1, -0.05) is 0 Å². The quantitative estimate of drug-likeness (QED) is 0.402. The Kier molecular flexibility index (Phi) is 8.68. The first-order chi connectivity index (χ1) is 10.2. The third-order valence-corrected chi connectivity index (χ3v) is 4.04. The molecule has 0 aliphatic heterocycles. The summed E-state index contributed by atoms with van der Waals surface area (Å²) < 4.78 is 5.51. The van der Waals surface area contributed by atoms with Crippen molar-refractivity contribution in [2.75, 3.05) is 25.2 Å². The Labute approximate surface area is 132 Å². The zero-order valence-corrected chi connectivity index (χ0v) is 13.7. The van der Waals surface area contributed by atoms with E-state index in [0.29, 0.717) is 18.2 Å². The zero-order valence-electron chi connectivity index (χ0n) is 12.1. The number of hydrogen-bond acceptors (Lipinski definition) is 7. The molecular formula is C13H19N3O3S2. The molecule has 0 aromatic carbocycles. The van der Waals surface area contributed by atoms with Crippen LogP contribution < -0.4 is 10.1 Å². The van der Waals surface area contributed by atoms with E-state index in [4.69, 9.17) is 4.74 Å². The summed E-state index contributed by atoms with van der Waals surface area (Å²) in [7, 11) is 0. The predicted molar refractivity (Wildman–Crippen MR) is 88.2 cm³/mol.